The zero-order valence-corrected chi connectivity index (χ0v) is 14.3. The monoisotopic (exact) mass is 346 g/mol. The van der Waals surface area contributed by atoms with Crippen LogP contribution in [-0.2, 0) is 4.74 Å². The third kappa shape index (κ3) is 6.91. The number of carbonyl (C=O) groups is 1. The van der Waals surface area contributed by atoms with Gasteiger partial charge in [0.2, 0.25) is 0 Å². The van der Waals surface area contributed by atoms with E-state index in [1.54, 1.807) is 12.1 Å². The first-order valence-electron chi connectivity index (χ1n) is 8.15. The Bertz CT molecular complexity index is 509. The number of carboxylic acid groups (broad SMARTS) is 1. The summed E-state index contributed by atoms with van der Waals surface area (Å²) in [5, 5.41) is 8.96. The molecule has 136 valence electrons. The Balaban J connectivity index is 2.86. The van der Waals surface area contributed by atoms with Gasteiger partial charge in [0.1, 0.15) is 6.61 Å². The smallest absolute Gasteiger partial charge is 0.411 e. The second kappa shape index (κ2) is 9.06. The summed E-state index contributed by atoms with van der Waals surface area (Å²) in [5.41, 5.74) is 1.12. The molecule has 1 N–H and O–H groups in total. The van der Waals surface area contributed by atoms with Gasteiger partial charge >= 0.3 is 12.1 Å². The van der Waals surface area contributed by atoms with Crippen LogP contribution < -0.4 is 0 Å². The molecule has 1 aromatic rings. The molecule has 2 unspecified atom stereocenters. The molecule has 0 amide bonds. The lowest BCUT2D eigenvalue weighted by Crippen LogP contribution is -2.26. The molecule has 0 bridgehead atoms. The summed E-state index contributed by atoms with van der Waals surface area (Å²) >= 11 is 0. The number of aromatic carboxylic acids is 1. The van der Waals surface area contributed by atoms with Gasteiger partial charge in [-0.15, -0.1) is 0 Å². The molecule has 0 saturated heterocycles. The van der Waals surface area contributed by atoms with Gasteiger partial charge in [0.25, 0.3) is 0 Å². The van der Waals surface area contributed by atoms with Crippen molar-refractivity contribution >= 4 is 5.97 Å². The molecule has 6 heteroatoms. The molecule has 3 nitrogen and oxygen atoms in total. The Morgan fingerprint density at radius 2 is 1.79 bits per heavy atom. The Labute approximate surface area is 140 Å². The van der Waals surface area contributed by atoms with Crippen molar-refractivity contribution in [3.8, 4) is 0 Å². The number of alkyl halides is 3. The third-order valence-electron chi connectivity index (χ3n) is 4.00. The number of hydrogen-bond acceptors (Lipinski definition) is 2. The fourth-order valence-electron chi connectivity index (χ4n) is 2.75. The second-order valence-electron chi connectivity index (χ2n) is 6.35. The molecular formula is C18H25F3O3. The van der Waals surface area contributed by atoms with E-state index in [4.69, 9.17) is 9.84 Å². The molecule has 0 saturated carbocycles. The Hall–Kier alpha value is -1.56. The lowest BCUT2D eigenvalue weighted by atomic mass is 9.83. The topological polar surface area (TPSA) is 46.5 Å². The Kier molecular flexibility index (Phi) is 7.73. The van der Waals surface area contributed by atoms with E-state index in [0.717, 1.165) is 12.0 Å². The standard InChI is InChI=1S/C18H25F3O3/c1-4-5-15(24-11-18(19,20)21)10-16(12(2)3)13-6-8-14(9-7-13)17(22)23/h6-9,12,15-16H,4-5,10-11H2,1-3H3,(H,22,23). The molecule has 0 heterocycles. The largest absolute Gasteiger partial charge is 0.478 e. The van der Waals surface area contributed by atoms with Gasteiger partial charge in [-0.1, -0.05) is 39.3 Å². The van der Waals surface area contributed by atoms with Gasteiger partial charge in [-0.05, 0) is 42.4 Å². The van der Waals surface area contributed by atoms with Crippen molar-refractivity contribution in [3.05, 3.63) is 35.4 Å². The zero-order valence-electron chi connectivity index (χ0n) is 14.3. The molecule has 24 heavy (non-hydrogen) atoms. The van der Waals surface area contributed by atoms with E-state index in [2.05, 4.69) is 0 Å². The van der Waals surface area contributed by atoms with Gasteiger partial charge in [-0.3, -0.25) is 0 Å². The number of halogens is 3. The van der Waals surface area contributed by atoms with E-state index in [1.807, 2.05) is 20.8 Å². The lowest BCUT2D eigenvalue weighted by Gasteiger charge is -2.27. The highest BCUT2D eigenvalue weighted by Gasteiger charge is 2.30. The van der Waals surface area contributed by atoms with Crippen LogP contribution in [0.1, 0.15) is 61.9 Å². The van der Waals surface area contributed by atoms with E-state index in [-0.39, 0.29) is 17.4 Å². The van der Waals surface area contributed by atoms with Crippen LogP contribution in [0, 0.1) is 5.92 Å². The normalized spacial score (nSPS) is 14.6. The van der Waals surface area contributed by atoms with E-state index in [0.29, 0.717) is 12.8 Å². The van der Waals surface area contributed by atoms with Crippen LogP contribution in [-0.4, -0.2) is 30.0 Å². The molecule has 1 aromatic carbocycles. The molecule has 0 spiro atoms. The predicted molar refractivity (Wildman–Crippen MR) is 86.3 cm³/mol. The molecule has 0 fully saturated rings. The first-order valence-corrected chi connectivity index (χ1v) is 8.15. The average molecular weight is 346 g/mol. The maximum absolute atomic E-state index is 12.4. The SMILES string of the molecule is CCCC(CC(c1ccc(C(=O)O)cc1)C(C)C)OCC(F)(F)F. The summed E-state index contributed by atoms with van der Waals surface area (Å²) in [6.07, 6.45) is -3.02. The lowest BCUT2D eigenvalue weighted by molar-refractivity contribution is -0.187. The van der Waals surface area contributed by atoms with Crippen molar-refractivity contribution in [1.29, 1.82) is 0 Å². The van der Waals surface area contributed by atoms with Crippen molar-refractivity contribution in [3.63, 3.8) is 0 Å². The van der Waals surface area contributed by atoms with E-state index < -0.39 is 24.9 Å². The number of ether oxygens (including phenoxy) is 1. The Morgan fingerprint density at radius 3 is 2.21 bits per heavy atom. The molecular weight excluding hydrogens is 321 g/mol. The van der Waals surface area contributed by atoms with Gasteiger partial charge in [0.15, 0.2) is 0 Å². The minimum absolute atomic E-state index is 0.0117. The second-order valence-corrected chi connectivity index (χ2v) is 6.35. The fraction of sp³-hybridized carbons (Fsp3) is 0.611. The third-order valence-corrected chi connectivity index (χ3v) is 4.00. The predicted octanol–water partition coefficient (Wildman–Crippen LogP) is 5.26. The molecule has 0 aromatic heterocycles. The summed E-state index contributed by atoms with van der Waals surface area (Å²) in [6, 6.07) is 6.53. The summed E-state index contributed by atoms with van der Waals surface area (Å²) in [6.45, 7) is 4.68. The van der Waals surface area contributed by atoms with Gasteiger partial charge in [0.05, 0.1) is 11.7 Å². The van der Waals surface area contributed by atoms with Crippen molar-refractivity contribution in [2.75, 3.05) is 6.61 Å². The quantitative estimate of drug-likeness (QED) is 0.663. The number of rotatable bonds is 9. The highest BCUT2D eigenvalue weighted by molar-refractivity contribution is 5.87. The first kappa shape index (κ1) is 20.5. The maximum atomic E-state index is 12.4. The van der Waals surface area contributed by atoms with Crippen molar-refractivity contribution in [1.82, 2.24) is 0 Å². The molecule has 2 atom stereocenters. The van der Waals surface area contributed by atoms with Crippen LogP contribution >= 0.6 is 0 Å². The Morgan fingerprint density at radius 1 is 1.21 bits per heavy atom. The van der Waals surface area contributed by atoms with E-state index in [1.165, 1.54) is 12.1 Å². The van der Waals surface area contributed by atoms with E-state index in [9.17, 15) is 18.0 Å². The highest BCUT2D eigenvalue weighted by Crippen LogP contribution is 2.32. The molecule has 0 radical (unpaired) electrons. The van der Waals surface area contributed by atoms with Crippen LogP contribution in [0.2, 0.25) is 0 Å². The highest BCUT2D eigenvalue weighted by atomic mass is 19.4. The van der Waals surface area contributed by atoms with Gasteiger partial charge < -0.3 is 9.84 Å². The van der Waals surface area contributed by atoms with Gasteiger partial charge in [-0.2, -0.15) is 13.2 Å². The van der Waals surface area contributed by atoms with Crippen molar-refractivity contribution < 1.29 is 27.8 Å². The molecule has 0 aliphatic carbocycles. The zero-order chi connectivity index (χ0) is 18.3. The van der Waals surface area contributed by atoms with E-state index >= 15 is 0 Å². The summed E-state index contributed by atoms with van der Waals surface area (Å²) in [7, 11) is 0. The number of benzene rings is 1. The van der Waals surface area contributed by atoms with Crippen LogP contribution in [0.15, 0.2) is 24.3 Å². The van der Waals surface area contributed by atoms with Crippen LogP contribution in [0.3, 0.4) is 0 Å². The molecule has 0 aliphatic rings. The number of hydrogen-bond donors (Lipinski definition) is 1. The van der Waals surface area contributed by atoms with Crippen molar-refractivity contribution in [2.45, 2.75) is 58.2 Å². The van der Waals surface area contributed by atoms with Crippen LogP contribution in [0.25, 0.3) is 0 Å². The fourth-order valence-corrected chi connectivity index (χ4v) is 2.75. The number of carboxylic acids is 1. The minimum atomic E-state index is -4.33. The first-order chi connectivity index (χ1) is 11.1. The van der Waals surface area contributed by atoms with Crippen molar-refractivity contribution in [2.24, 2.45) is 5.92 Å². The minimum Gasteiger partial charge on any atom is -0.478 e. The molecule has 1 rings (SSSR count). The summed E-state index contributed by atoms with van der Waals surface area (Å²) in [5.74, 6) is -0.785. The maximum Gasteiger partial charge on any atom is 0.411 e. The summed E-state index contributed by atoms with van der Waals surface area (Å²) < 4.78 is 42.3. The van der Waals surface area contributed by atoms with Gasteiger partial charge in [0, 0.05) is 0 Å². The van der Waals surface area contributed by atoms with Crippen LogP contribution in [0.4, 0.5) is 13.2 Å². The summed E-state index contributed by atoms with van der Waals surface area (Å²) in [4.78, 5) is 10.9. The van der Waals surface area contributed by atoms with Crippen LogP contribution in [0.5, 0.6) is 0 Å². The average Bonchev–Trinajstić information content (AvgIpc) is 2.49. The van der Waals surface area contributed by atoms with Gasteiger partial charge in [-0.25, -0.2) is 4.79 Å². The molecule has 0 aliphatic heterocycles.